The van der Waals surface area contributed by atoms with Crippen LogP contribution in [0.4, 0.5) is 0 Å². The maximum atomic E-state index is 12.1. The van der Waals surface area contributed by atoms with E-state index in [1.54, 1.807) is 17.6 Å². The molecule has 4 rings (SSSR count). The zero-order valence-corrected chi connectivity index (χ0v) is 20.9. The van der Waals surface area contributed by atoms with Crippen LogP contribution in [0.25, 0.3) is 11.5 Å². The molecule has 0 amide bonds. The van der Waals surface area contributed by atoms with Gasteiger partial charge in [-0.1, -0.05) is 30.3 Å². The number of carbonyl (C=O) groups is 2. The number of carboxylic acid groups (broad SMARTS) is 1. The van der Waals surface area contributed by atoms with Crippen molar-refractivity contribution < 1.29 is 23.8 Å². The summed E-state index contributed by atoms with van der Waals surface area (Å²) in [5.74, 6) is 1.07. The van der Waals surface area contributed by atoms with Gasteiger partial charge in [0.05, 0.1) is 12.3 Å². The van der Waals surface area contributed by atoms with Gasteiger partial charge in [-0.25, -0.2) is 9.78 Å². The summed E-state index contributed by atoms with van der Waals surface area (Å²) in [6, 6.07) is 18.1. The monoisotopic (exact) mass is 486 g/mol. The van der Waals surface area contributed by atoms with Gasteiger partial charge in [-0.15, -0.1) is 0 Å². The quantitative estimate of drug-likeness (QED) is 0.286. The molecule has 0 bridgehead atoms. The van der Waals surface area contributed by atoms with Gasteiger partial charge in [-0.2, -0.15) is 0 Å². The first-order valence-electron chi connectivity index (χ1n) is 11.9. The second-order valence-electron chi connectivity index (χ2n) is 8.91. The Bertz CT molecular complexity index is 1370. The van der Waals surface area contributed by atoms with Crippen LogP contribution in [0, 0.1) is 20.8 Å². The number of rotatable bonds is 10. The molecular formula is C29H30N2O5. The van der Waals surface area contributed by atoms with Crippen molar-refractivity contribution in [2.24, 2.45) is 0 Å². The van der Waals surface area contributed by atoms with Crippen LogP contribution in [0.1, 0.15) is 51.7 Å². The SMILES string of the molecule is CC(=O)c1cc(C)n(C(Cc2ccc(OCCc3oc(-c4ccccc4)nc3C)cc2)C(=O)O)c1C. The zero-order valence-electron chi connectivity index (χ0n) is 20.9. The number of ketones is 1. The number of carboxylic acids is 1. The van der Waals surface area contributed by atoms with Gasteiger partial charge >= 0.3 is 5.97 Å². The van der Waals surface area contributed by atoms with Gasteiger partial charge in [0.25, 0.3) is 0 Å². The number of nitrogens with zero attached hydrogens (tertiary/aromatic N) is 2. The number of hydrogen-bond acceptors (Lipinski definition) is 5. The summed E-state index contributed by atoms with van der Waals surface area (Å²) >= 11 is 0. The zero-order chi connectivity index (χ0) is 25.8. The van der Waals surface area contributed by atoms with E-state index in [0.29, 0.717) is 42.3 Å². The van der Waals surface area contributed by atoms with E-state index < -0.39 is 12.0 Å². The lowest BCUT2D eigenvalue weighted by Crippen LogP contribution is -2.23. The molecule has 0 spiro atoms. The van der Waals surface area contributed by atoms with Gasteiger partial charge in [0.1, 0.15) is 17.6 Å². The third kappa shape index (κ3) is 5.40. The number of Topliss-reactive ketones (excluding diaryl/α,β-unsaturated/α-hetero) is 1. The summed E-state index contributed by atoms with van der Waals surface area (Å²) in [6.07, 6.45) is 0.877. The molecule has 0 aliphatic carbocycles. The molecule has 186 valence electrons. The Balaban J connectivity index is 1.39. The molecule has 7 nitrogen and oxygen atoms in total. The van der Waals surface area contributed by atoms with Crippen LogP contribution >= 0.6 is 0 Å². The Morgan fingerprint density at radius 2 is 1.75 bits per heavy atom. The van der Waals surface area contributed by atoms with Gasteiger partial charge in [0.15, 0.2) is 5.78 Å². The van der Waals surface area contributed by atoms with Crippen LogP contribution in [0.2, 0.25) is 0 Å². The average Bonchev–Trinajstić information content (AvgIpc) is 3.37. The molecule has 2 aromatic carbocycles. The molecule has 0 saturated heterocycles. The number of aryl methyl sites for hydroxylation is 2. The fraction of sp³-hybridized carbons (Fsp3) is 0.276. The maximum Gasteiger partial charge on any atom is 0.327 e. The molecule has 0 aliphatic heterocycles. The predicted octanol–water partition coefficient (Wildman–Crippen LogP) is 5.76. The minimum absolute atomic E-state index is 0.0724. The Morgan fingerprint density at radius 3 is 2.36 bits per heavy atom. The fourth-order valence-corrected chi connectivity index (χ4v) is 4.47. The lowest BCUT2D eigenvalue weighted by molar-refractivity contribution is -0.141. The summed E-state index contributed by atoms with van der Waals surface area (Å²) in [5.41, 5.74) is 4.63. The molecular weight excluding hydrogens is 456 g/mol. The molecule has 1 unspecified atom stereocenters. The fourth-order valence-electron chi connectivity index (χ4n) is 4.47. The van der Waals surface area contributed by atoms with Crippen LogP contribution in [-0.2, 0) is 17.6 Å². The van der Waals surface area contributed by atoms with Crippen molar-refractivity contribution in [1.82, 2.24) is 9.55 Å². The number of aromatic nitrogens is 2. The predicted molar refractivity (Wildman–Crippen MR) is 137 cm³/mol. The van der Waals surface area contributed by atoms with Crippen molar-refractivity contribution >= 4 is 11.8 Å². The Morgan fingerprint density at radius 1 is 1.06 bits per heavy atom. The molecule has 1 atom stereocenters. The van der Waals surface area contributed by atoms with Crippen LogP contribution in [-0.4, -0.2) is 33.0 Å². The molecule has 4 aromatic rings. The second-order valence-corrected chi connectivity index (χ2v) is 8.91. The summed E-state index contributed by atoms with van der Waals surface area (Å²) in [5, 5.41) is 9.92. The number of ether oxygens (including phenoxy) is 1. The highest BCUT2D eigenvalue weighted by Crippen LogP contribution is 2.26. The van der Waals surface area contributed by atoms with E-state index in [1.807, 2.05) is 68.4 Å². The van der Waals surface area contributed by atoms with E-state index in [-0.39, 0.29) is 5.78 Å². The first kappa shape index (κ1) is 25.0. The Labute approximate surface area is 210 Å². The summed E-state index contributed by atoms with van der Waals surface area (Å²) in [7, 11) is 0. The highest BCUT2D eigenvalue weighted by molar-refractivity contribution is 5.95. The van der Waals surface area contributed by atoms with E-state index in [0.717, 1.165) is 28.3 Å². The summed E-state index contributed by atoms with van der Waals surface area (Å²) < 4.78 is 13.6. The van der Waals surface area contributed by atoms with Gasteiger partial charge in [0, 0.05) is 35.4 Å². The normalized spacial score (nSPS) is 11.9. The van der Waals surface area contributed by atoms with Crippen molar-refractivity contribution in [3.05, 3.63) is 94.6 Å². The van der Waals surface area contributed by atoms with E-state index in [4.69, 9.17) is 9.15 Å². The van der Waals surface area contributed by atoms with Gasteiger partial charge < -0.3 is 18.8 Å². The van der Waals surface area contributed by atoms with Crippen molar-refractivity contribution in [3.63, 3.8) is 0 Å². The molecule has 0 saturated carbocycles. The number of hydrogen-bond donors (Lipinski definition) is 1. The first-order valence-corrected chi connectivity index (χ1v) is 11.9. The molecule has 1 N–H and O–H groups in total. The van der Waals surface area contributed by atoms with Gasteiger partial charge in [0.2, 0.25) is 5.89 Å². The first-order chi connectivity index (χ1) is 17.2. The molecule has 36 heavy (non-hydrogen) atoms. The van der Waals surface area contributed by atoms with Crippen molar-refractivity contribution in [2.45, 2.75) is 46.6 Å². The smallest absolute Gasteiger partial charge is 0.327 e. The topological polar surface area (TPSA) is 94.6 Å². The maximum absolute atomic E-state index is 12.1. The Kier molecular flexibility index (Phi) is 7.38. The van der Waals surface area contributed by atoms with Crippen LogP contribution in [0.15, 0.2) is 65.1 Å². The van der Waals surface area contributed by atoms with E-state index in [2.05, 4.69) is 4.98 Å². The molecule has 2 heterocycles. The van der Waals surface area contributed by atoms with E-state index in [9.17, 15) is 14.7 Å². The standard InChI is InChI=1S/C29H30N2O5/c1-18-16-25(21(4)32)20(3)31(18)26(29(33)34)17-22-10-12-24(13-11-22)35-15-14-27-19(2)30-28(36-27)23-8-6-5-7-9-23/h5-13,16,26H,14-15,17H2,1-4H3,(H,33,34). The average molecular weight is 487 g/mol. The number of aliphatic carboxylic acids is 1. The largest absolute Gasteiger partial charge is 0.493 e. The minimum Gasteiger partial charge on any atom is -0.493 e. The number of benzene rings is 2. The third-order valence-electron chi connectivity index (χ3n) is 6.32. The highest BCUT2D eigenvalue weighted by atomic mass is 16.5. The molecule has 0 radical (unpaired) electrons. The summed E-state index contributed by atoms with van der Waals surface area (Å²) in [6.45, 7) is 7.46. The van der Waals surface area contributed by atoms with Crippen LogP contribution < -0.4 is 4.74 Å². The number of oxazole rings is 1. The van der Waals surface area contributed by atoms with Crippen LogP contribution in [0.3, 0.4) is 0 Å². The number of carbonyl (C=O) groups excluding carboxylic acids is 1. The molecule has 2 aromatic heterocycles. The van der Waals surface area contributed by atoms with E-state index in [1.165, 1.54) is 6.92 Å². The molecule has 0 fully saturated rings. The minimum atomic E-state index is -0.940. The van der Waals surface area contributed by atoms with Gasteiger partial charge in [-0.05, 0) is 63.6 Å². The van der Waals surface area contributed by atoms with Crippen molar-refractivity contribution in [1.29, 1.82) is 0 Å². The van der Waals surface area contributed by atoms with Crippen LogP contribution in [0.5, 0.6) is 5.75 Å². The Hall–Kier alpha value is -4.13. The van der Waals surface area contributed by atoms with Gasteiger partial charge in [-0.3, -0.25) is 4.79 Å². The van der Waals surface area contributed by atoms with Crippen molar-refractivity contribution in [2.75, 3.05) is 6.61 Å². The molecule has 0 aliphatic rings. The second kappa shape index (κ2) is 10.6. The lowest BCUT2D eigenvalue weighted by atomic mass is 10.0. The third-order valence-corrected chi connectivity index (χ3v) is 6.32. The summed E-state index contributed by atoms with van der Waals surface area (Å²) in [4.78, 5) is 28.5. The molecule has 7 heteroatoms. The lowest BCUT2D eigenvalue weighted by Gasteiger charge is -2.19. The van der Waals surface area contributed by atoms with Crippen molar-refractivity contribution in [3.8, 4) is 17.2 Å². The van der Waals surface area contributed by atoms with E-state index >= 15 is 0 Å². The highest BCUT2D eigenvalue weighted by Gasteiger charge is 2.25.